The first kappa shape index (κ1) is 22.2. The van der Waals surface area contributed by atoms with Crippen molar-refractivity contribution in [3.8, 4) is 17.1 Å². The minimum Gasteiger partial charge on any atom is -0.497 e. The maximum atomic E-state index is 5.29. The Labute approximate surface area is 190 Å². The summed E-state index contributed by atoms with van der Waals surface area (Å²) in [6, 6.07) is 12.5. The van der Waals surface area contributed by atoms with E-state index in [0.29, 0.717) is 0 Å². The van der Waals surface area contributed by atoms with E-state index in [9.17, 15) is 0 Å². The lowest BCUT2D eigenvalue weighted by molar-refractivity contribution is 0.243. The van der Waals surface area contributed by atoms with Crippen molar-refractivity contribution in [2.45, 2.75) is 32.5 Å². The third kappa shape index (κ3) is 5.41. The monoisotopic (exact) mass is 432 g/mol. The van der Waals surface area contributed by atoms with Gasteiger partial charge in [-0.2, -0.15) is 0 Å². The number of hydrogen-bond donors (Lipinski definition) is 1. The highest BCUT2D eigenvalue weighted by molar-refractivity contribution is 5.60. The van der Waals surface area contributed by atoms with E-state index in [-0.39, 0.29) is 6.04 Å². The molecule has 32 heavy (non-hydrogen) atoms. The van der Waals surface area contributed by atoms with E-state index in [0.717, 1.165) is 61.2 Å². The summed E-state index contributed by atoms with van der Waals surface area (Å²) in [5.41, 5.74) is 4.61. The van der Waals surface area contributed by atoms with E-state index >= 15 is 0 Å². The molecule has 0 bridgehead atoms. The van der Waals surface area contributed by atoms with Gasteiger partial charge >= 0.3 is 0 Å². The fraction of sp³-hybridized carbons (Fsp3) is 0.400. The number of benzene rings is 1. The lowest BCUT2D eigenvalue weighted by Crippen LogP contribution is -2.34. The number of likely N-dealkylation sites (N-methyl/N-ethyl adjacent to an activating group) is 1. The number of anilines is 1. The van der Waals surface area contributed by atoms with Gasteiger partial charge in [0.25, 0.3) is 0 Å². The molecule has 168 valence electrons. The topological polar surface area (TPSA) is 66.4 Å². The van der Waals surface area contributed by atoms with Crippen molar-refractivity contribution < 1.29 is 4.74 Å². The standard InChI is InChI=1S/C25H32N6O/c1-18(15-30(2)3)27-25-22-17-31(16-19-5-7-21(32-4)8-6-19)14-11-23(22)28-24(29-25)20-9-12-26-13-10-20/h5-10,12-13,18H,11,14-17H2,1-4H3,(H,27,28,29). The van der Waals surface area contributed by atoms with E-state index in [2.05, 4.69) is 53.3 Å². The zero-order valence-electron chi connectivity index (χ0n) is 19.4. The largest absolute Gasteiger partial charge is 0.497 e. The third-order valence-electron chi connectivity index (χ3n) is 5.67. The maximum absolute atomic E-state index is 5.29. The molecule has 1 N–H and O–H groups in total. The van der Waals surface area contributed by atoms with E-state index < -0.39 is 0 Å². The Hall–Kier alpha value is -3.03. The van der Waals surface area contributed by atoms with Crippen LogP contribution in [0.15, 0.2) is 48.8 Å². The van der Waals surface area contributed by atoms with Crippen LogP contribution in [0.5, 0.6) is 5.75 Å². The summed E-state index contributed by atoms with van der Waals surface area (Å²) in [5.74, 6) is 2.58. The molecule has 3 heterocycles. The Bertz CT molecular complexity index is 1020. The van der Waals surface area contributed by atoms with Gasteiger partial charge in [-0.05, 0) is 50.8 Å². The number of nitrogens with one attached hydrogen (secondary N) is 1. The molecule has 0 amide bonds. The van der Waals surface area contributed by atoms with Crippen LogP contribution in [0.2, 0.25) is 0 Å². The van der Waals surface area contributed by atoms with Crippen molar-refractivity contribution >= 4 is 5.82 Å². The van der Waals surface area contributed by atoms with Crippen LogP contribution in [0.4, 0.5) is 5.82 Å². The summed E-state index contributed by atoms with van der Waals surface area (Å²) in [4.78, 5) is 18.7. The minimum atomic E-state index is 0.270. The molecule has 1 unspecified atom stereocenters. The Morgan fingerprint density at radius 3 is 2.53 bits per heavy atom. The molecule has 4 rings (SSSR count). The molecule has 0 saturated carbocycles. The Morgan fingerprint density at radius 2 is 1.84 bits per heavy atom. The number of fused-ring (bicyclic) bond motifs is 1. The number of rotatable bonds is 8. The van der Waals surface area contributed by atoms with Gasteiger partial charge < -0.3 is 15.0 Å². The number of pyridine rings is 1. The second-order valence-corrected chi connectivity index (χ2v) is 8.67. The average molecular weight is 433 g/mol. The molecule has 7 nitrogen and oxygen atoms in total. The van der Waals surface area contributed by atoms with Crippen molar-refractivity contribution in [1.29, 1.82) is 0 Å². The summed E-state index contributed by atoms with van der Waals surface area (Å²) in [7, 11) is 5.88. The lowest BCUT2D eigenvalue weighted by Gasteiger charge is -2.31. The van der Waals surface area contributed by atoms with Crippen molar-refractivity contribution in [2.24, 2.45) is 0 Å². The first-order valence-corrected chi connectivity index (χ1v) is 11.1. The first-order chi connectivity index (χ1) is 15.5. The van der Waals surface area contributed by atoms with Crippen molar-refractivity contribution in [3.05, 3.63) is 65.6 Å². The van der Waals surface area contributed by atoms with Crippen molar-refractivity contribution in [2.75, 3.05) is 39.6 Å². The van der Waals surface area contributed by atoms with Crippen LogP contribution in [0.3, 0.4) is 0 Å². The summed E-state index contributed by atoms with van der Waals surface area (Å²) in [6.07, 6.45) is 4.48. The fourth-order valence-electron chi connectivity index (χ4n) is 4.17. The molecule has 3 aromatic rings. The van der Waals surface area contributed by atoms with Crippen LogP contribution in [0.1, 0.15) is 23.7 Å². The SMILES string of the molecule is COc1ccc(CN2CCc3nc(-c4ccncc4)nc(NC(C)CN(C)C)c3C2)cc1. The molecule has 0 fully saturated rings. The number of nitrogens with zero attached hydrogens (tertiary/aromatic N) is 5. The zero-order valence-corrected chi connectivity index (χ0v) is 19.4. The second-order valence-electron chi connectivity index (χ2n) is 8.67. The molecule has 1 aliphatic rings. The summed E-state index contributed by atoms with van der Waals surface area (Å²) in [5, 5.41) is 3.66. The van der Waals surface area contributed by atoms with Crippen LogP contribution < -0.4 is 10.1 Å². The normalized spacial score (nSPS) is 14.8. The van der Waals surface area contributed by atoms with E-state index in [1.165, 1.54) is 11.1 Å². The van der Waals surface area contributed by atoms with Crippen molar-refractivity contribution in [1.82, 2.24) is 24.8 Å². The van der Waals surface area contributed by atoms with Crippen LogP contribution in [0, 0.1) is 0 Å². The molecule has 1 aliphatic heterocycles. The van der Waals surface area contributed by atoms with Gasteiger partial charge in [0.2, 0.25) is 0 Å². The second kappa shape index (κ2) is 10.1. The highest BCUT2D eigenvalue weighted by Crippen LogP contribution is 2.28. The molecule has 2 aromatic heterocycles. The van der Waals surface area contributed by atoms with Gasteiger partial charge in [0.15, 0.2) is 5.82 Å². The average Bonchev–Trinajstić information content (AvgIpc) is 2.80. The molecular weight excluding hydrogens is 400 g/mol. The molecule has 0 spiro atoms. The third-order valence-corrected chi connectivity index (χ3v) is 5.67. The molecule has 0 aliphatic carbocycles. The Morgan fingerprint density at radius 1 is 1.09 bits per heavy atom. The van der Waals surface area contributed by atoms with Crippen LogP contribution in [0.25, 0.3) is 11.4 Å². The van der Waals surface area contributed by atoms with Crippen LogP contribution in [-0.2, 0) is 19.5 Å². The Kier molecular flexibility index (Phi) is 6.97. The number of aromatic nitrogens is 3. The number of hydrogen-bond acceptors (Lipinski definition) is 7. The zero-order chi connectivity index (χ0) is 22.5. The van der Waals surface area contributed by atoms with E-state index in [1.54, 1.807) is 19.5 Å². The van der Waals surface area contributed by atoms with Crippen molar-refractivity contribution in [3.63, 3.8) is 0 Å². The molecule has 0 saturated heterocycles. The van der Waals surface area contributed by atoms with E-state index in [4.69, 9.17) is 14.7 Å². The fourth-order valence-corrected chi connectivity index (χ4v) is 4.17. The highest BCUT2D eigenvalue weighted by Gasteiger charge is 2.24. The smallest absolute Gasteiger partial charge is 0.161 e. The number of ether oxygens (including phenoxy) is 1. The lowest BCUT2D eigenvalue weighted by atomic mass is 10.0. The highest BCUT2D eigenvalue weighted by atomic mass is 16.5. The molecular formula is C25H32N6O. The van der Waals surface area contributed by atoms with Gasteiger partial charge in [-0.15, -0.1) is 0 Å². The van der Waals surface area contributed by atoms with Gasteiger partial charge in [0.1, 0.15) is 11.6 Å². The molecule has 1 atom stereocenters. The summed E-state index contributed by atoms with van der Waals surface area (Å²) < 4.78 is 5.29. The minimum absolute atomic E-state index is 0.270. The quantitative estimate of drug-likeness (QED) is 0.585. The van der Waals surface area contributed by atoms with E-state index in [1.807, 2.05) is 24.3 Å². The molecule has 7 heteroatoms. The molecule has 0 radical (unpaired) electrons. The first-order valence-electron chi connectivity index (χ1n) is 11.1. The number of methoxy groups -OCH3 is 1. The van der Waals surface area contributed by atoms with Crippen LogP contribution in [-0.4, -0.2) is 65.1 Å². The van der Waals surface area contributed by atoms with Gasteiger partial charge in [-0.3, -0.25) is 9.88 Å². The predicted octanol–water partition coefficient (Wildman–Crippen LogP) is 3.47. The van der Waals surface area contributed by atoms with Gasteiger partial charge in [-0.25, -0.2) is 9.97 Å². The van der Waals surface area contributed by atoms with Gasteiger partial charge in [-0.1, -0.05) is 12.1 Å². The van der Waals surface area contributed by atoms with Gasteiger partial charge in [0, 0.05) is 62.2 Å². The Balaban J connectivity index is 1.60. The molecule has 1 aromatic carbocycles. The maximum Gasteiger partial charge on any atom is 0.161 e. The summed E-state index contributed by atoms with van der Waals surface area (Å²) in [6.45, 7) is 5.81. The van der Waals surface area contributed by atoms with Gasteiger partial charge in [0.05, 0.1) is 12.8 Å². The predicted molar refractivity (Wildman–Crippen MR) is 128 cm³/mol. The van der Waals surface area contributed by atoms with Crippen LogP contribution >= 0.6 is 0 Å². The summed E-state index contributed by atoms with van der Waals surface area (Å²) >= 11 is 0.